The number of aromatic nitrogens is 2. The molecule has 0 bridgehead atoms. The second kappa shape index (κ2) is 8.43. The van der Waals surface area contributed by atoms with Crippen molar-refractivity contribution < 1.29 is 23.4 Å². The number of carboxylic acids is 1. The maximum absolute atomic E-state index is 15.5. The molecule has 0 saturated carbocycles. The van der Waals surface area contributed by atoms with Crippen molar-refractivity contribution in [2.75, 3.05) is 31.1 Å². The number of aryl methyl sites for hydroxylation is 1. The van der Waals surface area contributed by atoms with Crippen LogP contribution < -0.4 is 20.4 Å². The maximum atomic E-state index is 15.5. The number of carboxylic acid groups (broad SMARTS) is 1. The molecule has 1 saturated heterocycles. The third-order valence-electron chi connectivity index (χ3n) is 6.71. The average Bonchev–Trinajstić information content (AvgIpc) is 3.44. The average molecular weight is 471 g/mol. The van der Waals surface area contributed by atoms with Gasteiger partial charge in [-0.15, -0.1) is 0 Å². The summed E-state index contributed by atoms with van der Waals surface area (Å²) in [4.78, 5) is 30.8. The molecule has 180 valence electrons. The first kappa shape index (κ1) is 22.4. The van der Waals surface area contributed by atoms with E-state index in [1.54, 1.807) is 10.8 Å². The third-order valence-corrected chi connectivity index (χ3v) is 6.71. The highest BCUT2D eigenvalue weighted by Gasteiger charge is 2.37. The maximum Gasteiger partial charge on any atom is 0.341 e. The summed E-state index contributed by atoms with van der Waals surface area (Å²) in [6.07, 6.45) is 3.82. The third kappa shape index (κ3) is 3.53. The van der Waals surface area contributed by atoms with Gasteiger partial charge in [-0.1, -0.05) is 6.92 Å². The van der Waals surface area contributed by atoms with Crippen molar-refractivity contribution in [2.45, 2.75) is 39.3 Å². The Morgan fingerprint density at radius 1 is 1.44 bits per heavy atom. The lowest BCUT2D eigenvalue weighted by molar-refractivity contribution is 0.0694. The van der Waals surface area contributed by atoms with Gasteiger partial charge in [-0.05, 0) is 32.9 Å². The first-order valence-corrected chi connectivity index (χ1v) is 11.5. The molecule has 0 spiro atoms. The molecular formula is C24H27FN4O5. The predicted octanol–water partition coefficient (Wildman–Crippen LogP) is 3.27. The molecule has 0 radical (unpaired) electrons. The molecule has 10 heteroatoms. The van der Waals surface area contributed by atoms with E-state index in [1.165, 1.54) is 6.20 Å². The number of rotatable bonds is 6. The second-order valence-electron chi connectivity index (χ2n) is 9.02. The van der Waals surface area contributed by atoms with Crippen molar-refractivity contribution in [3.05, 3.63) is 51.7 Å². The van der Waals surface area contributed by atoms with Crippen LogP contribution in [0.25, 0.3) is 10.9 Å². The lowest BCUT2D eigenvalue weighted by atomic mass is 9.98. The van der Waals surface area contributed by atoms with Crippen LogP contribution in [0.4, 0.5) is 10.1 Å². The quantitative estimate of drug-likeness (QED) is 0.565. The van der Waals surface area contributed by atoms with Crippen molar-refractivity contribution >= 4 is 22.6 Å². The Labute approximate surface area is 195 Å². The van der Waals surface area contributed by atoms with E-state index in [2.05, 4.69) is 10.3 Å². The van der Waals surface area contributed by atoms with Crippen LogP contribution in [0.2, 0.25) is 0 Å². The van der Waals surface area contributed by atoms with E-state index < -0.39 is 17.2 Å². The van der Waals surface area contributed by atoms with E-state index in [-0.39, 0.29) is 41.3 Å². The number of hydrogen-bond acceptors (Lipinski definition) is 7. The minimum Gasteiger partial charge on any atom is -0.487 e. The van der Waals surface area contributed by atoms with Gasteiger partial charge in [0.15, 0.2) is 11.6 Å². The zero-order valence-electron chi connectivity index (χ0n) is 19.3. The summed E-state index contributed by atoms with van der Waals surface area (Å²) in [6.45, 7) is 7.85. The molecule has 2 unspecified atom stereocenters. The van der Waals surface area contributed by atoms with Gasteiger partial charge in [-0.25, -0.2) is 14.2 Å². The van der Waals surface area contributed by atoms with Gasteiger partial charge in [-0.3, -0.25) is 4.79 Å². The van der Waals surface area contributed by atoms with Crippen LogP contribution in [0.3, 0.4) is 0 Å². The van der Waals surface area contributed by atoms with E-state index in [0.29, 0.717) is 30.2 Å². The summed E-state index contributed by atoms with van der Waals surface area (Å²) in [7, 11) is 0. The first-order valence-electron chi connectivity index (χ1n) is 11.5. The summed E-state index contributed by atoms with van der Waals surface area (Å²) < 4.78 is 29.0. The molecule has 2 aliphatic heterocycles. The van der Waals surface area contributed by atoms with Gasteiger partial charge >= 0.3 is 5.97 Å². The zero-order chi connectivity index (χ0) is 24.1. The van der Waals surface area contributed by atoms with E-state index >= 15 is 4.39 Å². The Hall–Kier alpha value is -3.40. The van der Waals surface area contributed by atoms with Crippen molar-refractivity contribution in [2.24, 2.45) is 5.92 Å². The molecule has 0 amide bonds. The van der Waals surface area contributed by atoms with Crippen LogP contribution in [-0.4, -0.2) is 46.9 Å². The van der Waals surface area contributed by atoms with Crippen LogP contribution in [0.1, 0.15) is 54.4 Å². The summed E-state index contributed by atoms with van der Waals surface area (Å²) in [5.41, 5.74) is -0.360. The Kier molecular flexibility index (Phi) is 5.55. The summed E-state index contributed by atoms with van der Waals surface area (Å²) in [6, 6.07) is 0.832. The van der Waals surface area contributed by atoms with Gasteiger partial charge in [0.25, 0.3) is 0 Å². The lowest BCUT2D eigenvalue weighted by Gasteiger charge is -2.31. The van der Waals surface area contributed by atoms with E-state index in [4.69, 9.17) is 9.15 Å². The van der Waals surface area contributed by atoms with Gasteiger partial charge in [-0.2, -0.15) is 0 Å². The minimum atomic E-state index is -1.33. The van der Waals surface area contributed by atoms with Crippen LogP contribution in [0, 0.1) is 18.7 Å². The minimum absolute atomic E-state index is 0.0132. The molecule has 2 aliphatic rings. The number of ether oxygens (including phenoxy) is 1. The van der Waals surface area contributed by atoms with Gasteiger partial charge < -0.3 is 29.0 Å². The topological polar surface area (TPSA) is 110 Å². The lowest BCUT2D eigenvalue weighted by Crippen LogP contribution is -2.32. The standard InChI is InChI=1S/C24H27FN4O5/c1-4-26-18(23-27-8-13(3)34-23)14-5-6-28(9-14)20-17(25)7-15-19-22(20)33-11-12(2)29(19)10-16(21(15)30)24(31)32/h7-8,10,12,14,18,26H,4-6,9,11H2,1-3H3,(H,31,32)/t12-,14?,18?/m0/s1. The van der Waals surface area contributed by atoms with Crippen molar-refractivity contribution in [3.8, 4) is 5.75 Å². The van der Waals surface area contributed by atoms with Crippen molar-refractivity contribution in [1.29, 1.82) is 0 Å². The summed E-state index contributed by atoms with van der Waals surface area (Å²) in [5, 5.41) is 12.9. The predicted molar refractivity (Wildman–Crippen MR) is 123 cm³/mol. The number of oxazole rings is 1. The fraction of sp³-hybridized carbons (Fsp3) is 0.458. The van der Waals surface area contributed by atoms with E-state index in [1.807, 2.05) is 25.7 Å². The summed E-state index contributed by atoms with van der Waals surface area (Å²) >= 11 is 0. The molecule has 3 atom stereocenters. The van der Waals surface area contributed by atoms with Gasteiger partial charge in [0.2, 0.25) is 11.3 Å². The normalized spacial score (nSPS) is 20.5. The largest absolute Gasteiger partial charge is 0.487 e. The molecule has 1 aromatic carbocycles. The molecule has 2 aromatic heterocycles. The number of nitrogens with one attached hydrogen (secondary N) is 1. The number of pyridine rings is 1. The number of carbonyl (C=O) groups is 1. The molecule has 0 aliphatic carbocycles. The SMILES string of the molecule is CCNC(c1ncc(C)o1)C1CCN(c2c(F)cc3c(=O)c(C(=O)O)cn4c3c2OC[C@@H]4C)C1. The molecule has 3 aromatic rings. The molecule has 5 rings (SSSR count). The first-order chi connectivity index (χ1) is 16.3. The van der Waals surface area contributed by atoms with Crippen LogP contribution >= 0.6 is 0 Å². The molecule has 1 fully saturated rings. The highest BCUT2D eigenvalue weighted by Crippen LogP contribution is 2.44. The van der Waals surface area contributed by atoms with E-state index in [0.717, 1.165) is 24.8 Å². The van der Waals surface area contributed by atoms with Gasteiger partial charge in [0.05, 0.1) is 29.2 Å². The number of aromatic carboxylic acids is 1. The van der Waals surface area contributed by atoms with Crippen LogP contribution in [-0.2, 0) is 0 Å². The van der Waals surface area contributed by atoms with Crippen molar-refractivity contribution in [1.82, 2.24) is 14.9 Å². The Morgan fingerprint density at radius 2 is 2.24 bits per heavy atom. The molecule has 34 heavy (non-hydrogen) atoms. The second-order valence-corrected chi connectivity index (χ2v) is 9.02. The number of anilines is 1. The molecular weight excluding hydrogens is 443 g/mol. The number of nitrogens with zero attached hydrogens (tertiary/aromatic N) is 3. The monoisotopic (exact) mass is 470 g/mol. The Bertz CT molecular complexity index is 1330. The smallest absolute Gasteiger partial charge is 0.341 e. The molecule has 2 N–H and O–H groups in total. The molecule has 4 heterocycles. The van der Waals surface area contributed by atoms with Crippen molar-refractivity contribution in [3.63, 3.8) is 0 Å². The van der Waals surface area contributed by atoms with Gasteiger partial charge in [0.1, 0.15) is 23.6 Å². The number of benzene rings is 1. The van der Waals surface area contributed by atoms with Crippen LogP contribution in [0.15, 0.2) is 27.7 Å². The fourth-order valence-corrected chi connectivity index (χ4v) is 5.11. The summed E-state index contributed by atoms with van der Waals surface area (Å²) in [5.74, 6) is -0.172. The van der Waals surface area contributed by atoms with Crippen LogP contribution in [0.5, 0.6) is 5.75 Å². The highest BCUT2D eigenvalue weighted by atomic mass is 19.1. The van der Waals surface area contributed by atoms with Gasteiger partial charge in [0, 0.05) is 25.2 Å². The fourth-order valence-electron chi connectivity index (χ4n) is 5.11. The number of hydrogen-bond donors (Lipinski definition) is 2. The zero-order valence-corrected chi connectivity index (χ0v) is 19.3. The molecule has 9 nitrogen and oxygen atoms in total. The Balaban J connectivity index is 1.58. The van der Waals surface area contributed by atoms with E-state index in [9.17, 15) is 14.7 Å². The highest BCUT2D eigenvalue weighted by molar-refractivity contribution is 5.97. The Morgan fingerprint density at radius 3 is 2.91 bits per heavy atom. The number of halogens is 1.